The maximum absolute atomic E-state index is 12.5. The van der Waals surface area contributed by atoms with E-state index in [-0.39, 0.29) is 29.1 Å². The molecule has 2 aliphatic rings. The minimum absolute atomic E-state index is 0.0400. The predicted octanol–water partition coefficient (Wildman–Crippen LogP) is 3.89. The molecule has 0 aliphatic heterocycles. The van der Waals surface area contributed by atoms with Gasteiger partial charge in [0.1, 0.15) is 0 Å². The van der Waals surface area contributed by atoms with Crippen molar-refractivity contribution in [2.45, 2.75) is 47.1 Å². The molecule has 2 amide bonds. The summed E-state index contributed by atoms with van der Waals surface area (Å²) in [4.78, 5) is 24.2. The van der Waals surface area contributed by atoms with Gasteiger partial charge in [0.15, 0.2) is 0 Å². The van der Waals surface area contributed by atoms with Crippen LogP contribution in [-0.2, 0) is 16.1 Å². The summed E-state index contributed by atoms with van der Waals surface area (Å²) in [5.41, 5.74) is 3.16. The van der Waals surface area contributed by atoms with Gasteiger partial charge < -0.3 is 10.6 Å². The summed E-state index contributed by atoms with van der Waals surface area (Å²) in [5.74, 6) is 0.826. The van der Waals surface area contributed by atoms with Crippen molar-refractivity contribution < 1.29 is 9.59 Å². The second-order valence-corrected chi connectivity index (χ2v) is 8.25. The normalized spacial score (nSPS) is 23.5. The lowest BCUT2D eigenvalue weighted by Crippen LogP contribution is -2.26. The molecule has 0 aromatic heterocycles. The summed E-state index contributed by atoms with van der Waals surface area (Å²) < 4.78 is 0. The van der Waals surface area contributed by atoms with Crippen molar-refractivity contribution in [1.82, 2.24) is 5.32 Å². The van der Waals surface area contributed by atoms with Gasteiger partial charge in [-0.1, -0.05) is 37.6 Å². The molecule has 1 aromatic carbocycles. The Bertz CT molecular complexity index is 695. The molecule has 0 bridgehead atoms. The quantitative estimate of drug-likeness (QED) is 0.772. The Kier molecular flexibility index (Phi) is 4.72. The highest BCUT2D eigenvalue weighted by Crippen LogP contribution is 2.59. The molecule has 2 N–H and O–H groups in total. The molecule has 25 heavy (non-hydrogen) atoms. The fraction of sp³-hybridized carbons (Fsp3) is 0.524. The Balaban J connectivity index is 1.50. The van der Waals surface area contributed by atoms with Gasteiger partial charge in [-0.15, -0.1) is 0 Å². The zero-order valence-corrected chi connectivity index (χ0v) is 15.6. The van der Waals surface area contributed by atoms with Crippen LogP contribution in [-0.4, -0.2) is 11.8 Å². The van der Waals surface area contributed by atoms with Crippen molar-refractivity contribution in [3.63, 3.8) is 0 Å². The molecular weight excluding hydrogens is 312 g/mol. The molecule has 2 atom stereocenters. The summed E-state index contributed by atoms with van der Waals surface area (Å²) in [6.45, 7) is 8.97. The second-order valence-electron chi connectivity index (χ2n) is 8.25. The van der Waals surface area contributed by atoms with Crippen LogP contribution in [0.2, 0.25) is 0 Å². The van der Waals surface area contributed by atoms with E-state index in [1.807, 2.05) is 24.3 Å². The molecule has 2 aliphatic carbocycles. The first-order valence-electron chi connectivity index (χ1n) is 9.11. The summed E-state index contributed by atoms with van der Waals surface area (Å²) >= 11 is 0. The van der Waals surface area contributed by atoms with Gasteiger partial charge in [-0.3, -0.25) is 9.59 Å². The van der Waals surface area contributed by atoms with Crippen molar-refractivity contribution in [2.24, 2.45) is 23.2 Å². The Hall–Kier alpha value is -2.10. The fourth-order valence-corrected chi connectivity index (χ4v) is 3.44. The highest BCUT2D eigenvalue weighted by atomic mass is 16.2. The Morgan fingerprint density at radius 1 is 1.12 bits per heavy atom. The van der Waals surface area contributed by atoms with E-state index in [1.54, 1.807) is 0 Å². The van der Waals surface area contributed by atoms with Crippen LogP contribution in [0, 0.1) is 23.2 Å². The van der Waals surface area contributed by atoms with Crippen LogP contribution in [0.25, 0.3) is 0 Å². The SMILES string of the molecule is CC(C)=C[C@@H]1[C@H](C(=O)NCc2ccc(NC(=O)C3CC3)cc2)C1(C)C. The fourth-order valence-electron chi connectivity index (χ4n) is 3.44. The lowest BCUT2D eigenvalue weighted by atomic mass is 10.1. The van der Waals surface area contributed by atoms with E-state index in [2.05, 4.69) is 44.4 Å². The average Bonchev–Trinajstić information content (AvgIpc) is 3.44. The van der Waals surface area contributed by atoms with E-state index in [0.717, 1.165) is 24.1 Å². The molecule has 4 heteroatoms. The molecule has 0 spiro atoms. The van der Waals surface area contributed by atoms with E-state index in [9.17, 15) is 9.59 Å². The number of nitrogens with one attached hydrogen (secondary N) is 2. The summed E-state index contributed by atoms with van der Waals surface area (Å²) in [6, 6.07) is 7.70. The molecule has 4 nitrogen and oxygen atoms in total. The highest BCUT2D eigenvalue weighted by molar-refractivity contribution is 5.94. The zero-order valence-electron chi connectivity index (χ0n) is 15.6. The topological polar surface area (TPSA) is 58.2 Å². The van der Waals surface area contributed by atoms with Crippen molar-refractivity contribution in [2.75, 3.05) is 5.32 Å². The summed E-state index contributed by atoms with van der Waals surface area (Å²) in [6.07, 6.45) is 4.21. The molecule has 0 saturated heterocycles. The van der Waals surface area contributed by atoms with Gasteiger partial charge >= 0.3 is 0 Å². The molecule has 0 heterocycles. The maximum atomic E-state index is 12.5. The molecule has 2 saturated carbocycles. The molecule has 0 unspecified atom stereocenters. The minimum atomic E-state index is 0.0400. The molecule has 134 valence electrons. The third-order valence-corrected chi connectivity index (χ3v) is 5.34. The van der Waals surface area contributed by atoms with Crippen LogP contribution in [0.4, 0.5) is 5.69 Å². The number of hydrogen-bond acceptors (Lipinski definition) is 2. The van der Waals surface area contributed by atoms with Crippen molar-refractivity contribution in [3.05, 3.63) is 41.5 Å². The standard InChI is InChI=1S/C21H28N2O2/c1-13(2)11-17-18(21(17,3)4)20(25)22-12-14-5-9-16(10-6-14)23-19(24)15-7-8-15/h5-6,9-11,15,17-18H,7-8,12H2,1-4H3,(H,22,25)(H,23,24)/t17-,18-/m1/s1. The first-order valence-corrected chi connectivity index (χ1v) is 9.11. The predicted molar refractivity (Wildman–Crippen MR) is 99.8 cm³/mol. The van der Waals surface area contributed by atoms with Crippen LogP contribution < -0.4 is 10.6 Å². The lowest BCUT2D eigenvalue weighted by molar-refractivity contribution is -0.123. The number of carbonyl (C=O) groups excluding carboxylic acids is 2. The molecular formula is C21H28N2O2. The maximum Gasteiger partial charge on any atom is 0.227 e. The number of hydrogen-bond donors (Lipinski definition) is 2. The second kappa shape index (κ2) is 6.66. The summed E-state index contributed by atoms with van der Waals surface area (Å²) in [5, 5.41) is 5.98. The van der Waals surface area contributed by atoms with Gasteiger partial charge in [0.2, 0.25) is 11.8 Å². The first-order chi connectivity index (χ1) is 11.8. The van der Waals surface area contributed by atoms with E-state index >= 15 is 0 Å². The minimum Gasteiger partial charge on any atom is -0.352 e. The van der Waals surface area contributed by atoms with Crippen LogP contribution >= 0.6 is 0 Å². The van der Waals surface area contributed by atoms with Crippen LogP contribution in [0.5, 0.6) is 0 Å². The number of benzene rings is 1. The van der Waals surface area contributed by atoms with E-state index in [0.29, 0.717) is 12.5 Å². The van der Waals surface area contributed by atoms with Crippen molar-refractivity contribution in [3.8, 4) is 0 Å². The monoisotopic (exact) mass is 340 g/mol. The number of amides is 2. The van der Waals surface area contributed by atoms with Gasteiger partial charge in [0.05, 0.1) is 5.92 Å². The lowest BCUT2D eigenvalue weighted by Gasteiger charge is -2.08. The van der Waals surface area contributed by atoms with Crippen LogP contribution in [0.1, 0.15) is 46.1 Å². The number of anilines is 1. The van der Waals surface area contributed by atoms with E-state index < -0.39 is 0 Å². The van der Waals surface area contributed by atoms with Gasteiger partial charge in [0, 0.05) is 18.2 Å². The van der Waals surface area contributed by atoms with Gasteiger partial charge in [-0.05, 0) is 55.7 Å². The number of rotatable bonds is 6. The summed E-state index contributed by atoms with van der Waals surface area (Å²) in [7, 11) is 0. The zero-order chi connectivity index (χ0) is 18.2. The molecule has 1 aromatic rings. The Labute approximate surface area is 150 Å². The number of carbonyl (C=O) groups is 2. The smallest absolute Gasteiger partial charge is 0.227 e. The molecule has 3 rings (SSSR count). The van der Waals surface area contributed by atoms with Crippen LogP contribution in [0.15, 0.2) is 35.9 Å². The third kappa shape index (κ3) is 4.12. The molecule has 0 radical (unpaired) electrons. The first kappa shape index (κ1) is 17.7. The Morgan fingerprint density at radius 3 is 2.32 bits per heavy atom. The van der Waals surface area contributed by atoms with Gasteiger partial charge in [0.25, 0.3) is 0 Å². The third-order valence-electron chi connectivity index (χ3n) is 5.34. The average molecular weight is 340 g/mol. The van der Waals surface area contributed by atoms with Crippen molar-refractivity contribution >= 4 is 17.5 Å². The highest BCUT2D eigenvalue weighted by Gasteiger charge is 2.60. The van der Waals surface area contributed by atoms with Crippen molar-refractivity contribution in [1.29, 1.82) is 0 Å². The molecule has 2 fully saturated rings. The largest absolute Gasteiger partial charge is 0.352 e. The van der Waals surface area contributed by atoms with Crippen LogP contribution in [0.3, 0.4) is 0 Å². The Morgan fingerprint density at radius 2 is 1.76 bits per heavy atom. The number of allylic oxidation sites excluding steroid dienone is 2. The van der Waals surface area contributed by atoms with Gasteiger partial charge in [-0.25, -0.2) is 0 Å². The van der Waals surface area contributed by atoms with E-state index in [4.69, 9.17) is 0 Å². The van der Waals surface area contributed by atoms with E-state index in [1.165, 1.54) is 5.57 Å². The van der Waals surface area contributed by atoms with Gasteiger partial charge in [-0.2, -0.15) is 0 Å².